The predicted octanol–water partition coefficient (Wildman–Crippen LogP) is 1.20. The number of rotatable bonds is 3. The second kappa shape index (κ2) is 5.44. The van der Waals surface area contributed by atoms with Crippen LogP contribution in [0.3, 0.4) is 0 Å². The predicted molar refractivity (Wildman–Crippen MR) is 74.6 cm³/mol. The molecule has 2 rings (SSSR count). The molecule has 106 valence electrons. The highest BCUT2D eigenvalue weighted by Gasteiger charge is 2.29. The summed E-state index contributed by atoms with van der Waals surface area (Å²) in [5.74, 6) is -0.790. The summed E-state index contributed by atoms with van der Waals surface area (Å²) in [6, 6.07) is 2.99. The Hall–Kier alpha value is -1.56. The number of nitrogens with one attached hydrogen (secondary N) is 1. The van der Waals surface area contributed by atoms with Crippen molar-refractivity contribution in [2.75, 3.05) is 0 Å². The van der Waals surface area contributed by atoms with Crippen molar-refractivity contribution in [1.82, 2.24) is 5.32 Å². The van der Waals surface area contributed by atoms with E-state index >= 15 is 0 Å². The van der Waals surface area contributed by atoms with Crippen molar-refractivity contribution in [3.05, 3.63) is 18.2 Å². The van der Waals surface area contributed by atoms with E-state index in [-0.39, 0.29) is 15.8 Å². The van der Waals surface area contributed by atoms with Gasteiger partial charge in [-0.2, -0.15) is 18.6 Å². The Balaban J connectivity index is 2.29. The standard InChI is InChI=1S/C9H7N3O5S3/c13-6-2-1-4(20(15,16)17)3-5(6)11-12-8-7(14)10-9(18)19-8/h1-3,8,13H,(H,10,14,18)(H,15,16,17). The van der Waals surface area contributed by atoms with Crippen LogP contribution < -0.4 is 5.32 Å². The fraction of sp³-hybridized carbons (Fsp3) is 0.111. The SMILES string of the molecule is O=C1NC(=S)SC1N=Nc1cc(S(=O)(=O)O)ccc1O. The highest BCUT2D eigenvalue weighted by Crippen LogP contribution is 2.31. The molecule has 0 aromatic heterocycles. The summed E-state index contributed by atoms with van der Waals surface area (Å²) in [4.78, 5) is 10.9. The molecule has 0 radical (unpaired) electrons. The van der Waals surface area contributed by atoms with Gasteiger partial charge in [0.15, 0.2) is 0 Å². The van der Waals surface area contributed by atoms with Crippen molar-refractivity contribution >= 4 is 50.0 Å². The summed E-state index contributed by atoms with van der Waals surface area (Å²) in [7, 11) is -4.42. The quantitative estimate of drug-likeness (QED) is 0.430. The Bertz CT molecular complexity index is 716. The third kappa shape index (κ3) is 3.30. The molecule has 1 amide bonds. The van der Waals surface area contributed by atoms with E-state index in [4.69, 9.17) is 16.8 Å². The Morgan fingerprint density at radius 2 is 2.10 bits per heavy atom. The molecular formula is C9H7N3O5S3. The molecule has 1 unspecified atom stereocenters. The number of benzene rings is 1. The lowest BCUT2D eigenvalue weighted by atomic mass is 10.3. The zero-order valence-electron chi connectivity index (χ0n) is 9.55. The third-order valence-corrected chi connectivity index (χ3v) is 4.27. The molecule has 20 heavy (non-hydrogen) atoms. The van der Waals surface area contributed by atoms with Gasteiger partial charge in [-0.15, -0.1) is 0 Å². The summed E-state index contributed by atoms with van der Waals surface area (Å²) < 4.78 is 31.1. The molecule has 1 aromatic carbocycles. The maximum atomic E-state index is 11.3. The van der Waals surface area contributed by atoms with Crippen molar-refractivity contribution in [3.63, 3.8) is 0 Å². The largest absolute Gasteiger partial charge is 0.506 e. The van der Waals surface area contributed by atoms with E-state index in [9.17, 15) is 18.3 Å². The Morgan fingerprint density at radius 3 is 2.65 bits per heavy atom. The van der Waals surface area contributed by atoms with Gasteiger partial charge in [-0.1, -0.05) is 24.0 Å². The first-order valence-electron chi connectivity index (χ1n) is 5.00. The minimum Gasteiger partial charge on any atom is -0.506 e. The first-order valence-corrected chi connectivity index (χ1v) is 7.73. The van der Waals surface area contributed by atoms with Crippen LogP contribution in [0.25, 0.3) is 0 Å². The number of carbonyl (C=O) groups excluding carboxylic acids is 1. The molecule has 1 fully saturated rings. The Morgan fingerprint density at radius 1 is 1.40 bits per heavy atom. The molecule has 1 atom stereocenters. The minimum absolute atomic E-state index is 0.189. The number of thioether (sulfide) groups is 1. The number of hydrogen-bond donors (Lipinski definition) is 3. The van der Waals surface area contributed by atoms with E-state index < -0.39 is 26.3 Å². The molecule has 1 heterocycles. The van der Waals surface area contributed by atoms with Gasteiger partial charge < -0.3 is 10.4 Å². The second-order valence-corrected chi connectivity index (χ2v) is 6.77. The van der Waals surface area contributed by atoms with E-state index in [2.05, 4.69) is 15.5 Å². The van der Waals surface area contributed by atoms with Gasteiger partial charge in [0.2, 0.25) is 5.37 Å². The average Bonchev–Trinajstić information content (AvgIpc) is 2.65. The van der Waals surface area contributed by atoms with Gasteiger partial charge in [0.05, 0.1) is 4.90 Å². The maximum Gasteiger partial charge on any atom is 0.294 e. The lowest BCUT2D eigenvalue weighted by Crippen LogP contribution is -2.22. The molecule has 1 aliphatic heterocycles. The van der Waals surface area contributed by atoms with Crippen LogP contribution in [0.1, 0.15) is 0 Å². The van der Waals surface area contributed by atoms with E-state index in [1.807, 2.05) is 0 Å². The van der Waals surface area contributed by atoms with Crippen LogP contribution in [0.15, 0.2) is 33.3 Å². The molecule has 1 saturated heterocycles. The van der Waals surface area contributed by atoms with Gasteiger partial charge in [0.25, 0.3) is 16.0 Å². The molecule has 0 saturated carbocycles. The van der Waals surface area contributed by atoms with Crippen LogP contribution in [0, 0.1) is 0 Å². The van der Waals surface area contributed by atoms with E-state index in [0.29, 0.717) is 0 Å². The minimum atomic E-state index is -4.42. The summed E-state index contributed by atoms with van der Waals surface area (Å²) in [5.41, 5.74) is -0.189. The monoisotopic (exact) mass is 333 g/mol. The molecule has 1 aliphatic rings. The molecule has 3 N–H and O–H groups in total. The first kappa shape index (κ1) is 14.8. The van der Waals surface area contributed by atoms with Crippen LogP contribution in [-0.4, -0.2) is 33.7 Å². The van der Waals surface area contributed by atoms with Crippen molar-refractivity contribution in [2.24, 2.45) is 10.2 Å². The van der Waals surface area contributed by atoms with Crippen molar-refractivity contribution in [2.45, 2.75) is 10.3 Å². The fourth-order valence-corrected chi connectivity index (χ4v) is 2.78. The number of azo groups is 1. The fourth-order valence-electron chi connectivity index (χ4n) is 1.28. The smallest absolute Gasteiger partial charge is 0.294 e. The number of hydrogen-bond acceptors (Lipinski definition) is 8. The molecule has 11 heteroatoms. The van der Waals surface area contributed by atoms with Gasteiger partial charge in [-0.25, -0.2) is 0 Å². The number of phenols is 1. The van der Waals surface area contributed by atoms with E-state index in [0.717, 1.165) is 30.0 Å². The molecule has 0 spiro atoms. The summed E-state index contributed by atoms with van der Waals surface area (Å²) in [6.45, 7) is 0. The summed E-state index contributed by atoms with van der Waals surface area (Å²) in [5, 5.41) is 18.3. The van der Waals surface area contributed by atoms with Gasteiger partial charge in [0.1, 0.15) is 15.8 Å². The molecule has 0 aliphatic carbocycles. The highest BCUT2D eigenvalue weighted by molar-refractivity contribution is 8.24. The Labute approximate surface area is 123 Å². The van der Waals surface area contributed by atoms with Crippen molar-refractivity contribution < 1.29 is 22.9 Å². The van der Waals surface area contributed by atoms with Crippen LogP contribution in [0.4, 0.5) is 5.69 Å². The van der Waals surface area contributed by atoms with Crippen molar-refractivity contribution in [3.8, 4) is 5.75 Å². The van der Waals surface area contributed by atoms with Crippen molar-refractivity contribution in [1.29, 1.82) is 0 Å². The number of nitrogens with zero attached hydrogens (tertiary/aromatic N) is 2. The maximum absolute atomic E-state index is 11.3. The number of phenolic OH excluding ortho intramolecular Hbond substituents is 1. The van der Waals surface area contributed by atoms with Gasteiger partial charge in [0, 0.05) is 0 Å². The lowest BCUT2D eigenvalue weighted by Gasteiger charge is -2.01. The number of aromatic hydroxyl groups is 1. The van der Waals surface area contributed by atoms with Crippen LogP contribution in [0.2, 0.25) is 0 Å². The normalized spacial score (nSPS) is 19.6. The molecule has 8 nitrogen and oxygen atoms in total. The van der Waals surface area contributed by atoms with Gasteiger partial charge in [-0.05, 0) is 18.2 Å². The van der Waals surface area contributed by atoms with Crippen LogP contribution in [-0.2, 0) is 14.9 Å². The highest BCUT2D eigenvalue weighted by atomic mass is 32.2. The summed E-state index contributed by atoms with van der Waals surface area (Å²) >= 11 is 5.74. The zero-order valence-corrected chi connectivity index (χ0v) is 12.0. The molecular weight excluding hydrogens is 326 g/mol. The number of carbonyl (C=O) groups is 1. The van der Waals surface area contributed by atoms with E-state index in [1.54, 1.807) is 0 Å². The average molecular weight is 333 g/mol. The molecule has 0 bridgehead atoms. The van der Waals surface area contributed by atoms with Gasteiger partial charge in [-0.3, -0.25) is 9.35 Å². The van der Waals surface area contributed by atoms with Crippen LogP contribution >= 0.6 is 24.0 Å². The van der Waals surface area contributed by atoms with Crippen LogP contribution in [0.5, 0.6) is 5.75 Å². The Kier molecular flexibility index (Phi) is 4.04. The lowest BCUT2D eigenvalue weighted by molar-refractivity contribution is -0.118. The third-order valence-electron chi connectivity index (χ3n) is 2.18. The van der Waals surface area contributed by atoms with Gasteiger partial charge >= 0.3 is 0 Å². The number of thiocarbonyl (C=S) groups is 1. The first-order chi connectivity index (χ1) is 9.27. The topological polar surface area (TPSA) is 128 Å². The second-order valence-electron chi connectivity index (χ2n) is 3.59. The van der Waals surface area contributed by atoms with E-state index in [1.165, 1.54) is 0 Å². The number of amides is 1. The molecule has 1 aromatic rings. The summed E-state index contributed by atoms with van der Waals surface area (Å²) in [6.07, 6.45) is 0. The zero-order chi connectivity index (χ0) is 14.9.